The molecule has 0 aromatic rings. The highest BCUT2D eigenvalue weighted by molar-refractivity contribution is 6.44. The molecule has 9 heavy (non-hydrogen) atoms. The van der Waals surface area contributed by atoms with Crippen LogP contribution in [0.4, 0.5) is 0 Å². The van der Waals surface area contributed by atoms with E-state index in [0.29, 0.717) is 18.6 Å². The monoisotopic (exact) mass is 169 g/mol. The van der Waals surface area contributed by atoms with E-state index in [9.17, 15) is 0 Å². The van der Waals surface area contributed by atoms with Gasteiger partial charge in [0.25, 0.3) is 0 Å². The minimum Gasteiger partial charge on any atom is -0.411 e. The SMILES string of the molecule is C/C(CCC(Cl)Cl)=N\O. The summed E-state index contributed by atoms with van der Waals surface area (Å²) < 4.78 is 0. The van der Waals surface area contributed by atoms with Crippen molar-refractivity contribution >= 4 is 28.9 Å². The maximum Gasteiger partial charge on any atom is 0.108 e. The van der Waals surface area contributed by atoms with E-state index < -0.39 is 0 Å². The normalized spacial score (nSPS) is 12.7. The van der Waals surface area contributed by atoms with Crippen molar-refractivity contribution in [2.45, 2.75) is 24.6 Å². The van der Waals surface area contributed by atoms with Crippen LogP contribution in [-0.2, 0) is 0 Å². The van der Waals surface area contributed by atoms with Crippen molar-refractivity contribution < 1.29 is 5.21 Å². The molecule has 0 saturated carbocycles. The number of nitrogens with zero attached hydrogens (tertiary/aromatic N) is 1. The maximum atomic E-state index is 8.15. The van der Waals surface area contributed by atoms with Gasteiger partial charge >= 0.3 is 0 Å². The topological polar surface area (TPSA) is 32.6 Å². The van der Waals surface area contributed by atoms with E-state index in [1.165, 1.54) is 0 Å². The predicted octanol–water partition coefficient (Wildman–Crippen LogP) is 2.42. The fourth-order valence-electron chi connectivity index (χ4n) is 0.368. The molecule has 0 heterocycles. The van der Waals surface area contributed by atoms with Crippen LogP contribution in [0, 0.1) is 0 Å². The van der Waals surface area contributed by atoms with Crippen LogP contribution in [0.1, 0.15) is 19.8 Å². The minimum atomic E-state index is -0.360. The Balaban J connectivity index is 3.28. The summed E-state index contributed by atoms with van der Waals surface area (Å²) in [6.07, 6.45) is 1.28. The molecule has 0 fully saturated rings. The molecule has 0 aliphatic heterocycles. The molecular formula is C5H9Cl2NO. The average molecular weight is 170 g/mol. The van der Waals surface area contributed by atoms with Crippen LogP contribution in [0.3, 0.4) is 0 Å². The number of oxime groups is 1. The Labute approximate surface area is 64.4 Å². The van der Waals surface area contributed by atoms with Crippen molar-refractivity contribution in [2.75, 3.05) is 0 Å². The molecule has 0 aliphatic rings. The molecule has 0 unspecified atom stereocenters. The lowest BCUT2D eigenvalue weighted by atomic mass is 10.2. The Morgan fingerprint density at radius 1 is 1.67 bits per heavy atom. The molecule has 54 valence electrons. The van der Waals surface area contributed by atoms with Crippen LogP contribution < -0.4 is 0 Å². The first-order chi connectivity index (χ1) is 4.16. The lowest BCUT2D eigenvalue weighted by Crippen LogP contribution is -1.95. The summed E-state index contributed by atoms with van der Waals surface area (Å²) in [4.78, 5) is -0.360. The Bertz CT molecular complexity index is 103. The van der Waals surface area contributed by atoms with Crippen LogP contribution in [-0.4, -0.2) is 15.8 Å². The second-order valence-corrected chi connectivity index (χ2v) is 3.04. The summed E-state index contributed by atoms with van der Waals surface area (Å²) in [5.41, 5.74) is 0.654. The van der Waals surface area contributed by atoms with Gasteiger partial charge in [-0.2, -0.15) is 0 Å². The van der Waals surface area contributed by atoms with E-state index >= 15 is 0 Å². The van der Waals surface area contributed by atoms with Crippen LogP contribution >= 0.6 is 23.2 Å². The van der Waals surface area contributed by atoms with Crippen molar-refractivity contribution in [1.82, 2.24) is 0 Å². The predicted molar refractivity (Wildman–Crippen MR) is 39.6 cm³/mol. The van der Waals surface area contributed by atoms with Gasteiger partial charge < -0.3 is 5.21 Å². The fraction of sp³-hybridized carbons (Fsp3) is 0.800. The Kier molecular flexibility index (Phi) is 4.91. The van der Waals surface area contributed by atoms with Crippen LogP contribution in [0.15, 0.2) is 5.16 Å². The molecule has 2 nitrogen and oxygen atoms in total. The molecular weight excluding hydrogens is 161 g/mol. The van der Waals surface area contributed by atoms with Crippen LogP contribution in [0.5, 0.6) is 0 Å². The van der Waals surface area contributed by atoms with Crippen LogP contribution in [0.2, 0.25) is 0 Å². The Morgan fingerprint density at radius 3 is 2.56 bits per heavy atom. The molecule has 4 heteroatoms. The molecule has 0 bridgehead atoms. The van der Waals surface area contributed by atoms with Gasteiger partial charge in [0.2, 0.25) is 0 Å². The number of hydrogen-bond donors (Lipinski definition) is 1. The van der Waals surface area contributed by atoms with Gasteiger partial charge in [0.15, 0.2) is 0 Å². The van der Waals surface area contributed by atoms with Crippen molar-refractivity contribution in [3.05, 3.63) is 0 Å². The zero-order valence-electron chi connectivity index (χ0n) is 5.14. The minimum absolute atomic E-state index is 0.360. The molecule has 0 amide bonds. The van der Waals surface area contributed by atoms with Gasteiger partial charge in [-0.05, 0) is 19.8 Å². The van der Waals surface area contributed by atoms with Gasteiger partial charge in [0.1, 0.15) is 4.84 Å². The lowest BCUT2D eigenvalue weighted by molar-refractivity contribution is 0.317. The summed E-state index contributed by atoms with van der Waals surface area (Å²) in [5.74, 6) is 0. The van der Waals surface area contributed by atoms with Gasteiger partial charge in [0, 0.05) is 0 Å². The number of hydrogen-bond acceptors (Lipinski definition) is 2. The summed E-state index contributed by atoms with van der Waals surface area (Å²) in [7, 11) is 0. The van der Waals surface area contributed by atoms with Gasteiger partial charge in [-0.25, -0.2) is 0 Å². The number of halogens is 2. The second-order valence-electron chi connectivity index (χ2n) is 1.77. The molecule has 0 aromatic heterocycles. The van der Waals surface area contributed by atoms with Gasteiger partial charge in [-0.15, -0.1) is 23.2 Å². The molecule has 0 saturated heterocycles. The molecule has 0 aliphatic carbocycles. The van der Waals surface area contributed by atoms with E-state index in [1.807, 2.05) is 0 Å². The van der Waals surface area contributed by atoms with Crippen molar-refractivity contribution in [3.8, 4) is 0 Å². The van der Waals surface area contributed by atoms with E-state index in [0.717, 1.165) is 0 Å². The summed E-state index contributed by atoms with van der Waals surface area (Å²) in [6, 6.07) is 0. The molecule has 1 N–H and O–H groups in total. The zero-order valence-corrected chi connectivity index (χ0v) is 6.65. The van der Waals surface area contributed by atoms with E-state index in [2.05, 4.69) is 5.16 Å². The van der Waals surface area contributed by atoms with Crippen molar-refractivity contribution in [2.24, 2.45) is 5.16 Å². The highest BCUT2D eigenvalue weighted by atomic mass is 35.5. The first-order valence-corrected chi connectivity index (χ1v) is 3.49. The Morgan fingerprint density at radius 2 is 2.22 bits per heavy atom. The third-order valence-corrected chi connectivity index (χ3v) is 1.33. The van der Waals surface area contributed by atoms with Gasteiger partial charge in [0.05, 0.1) is 5.71 Å². The van der Waals surface area contributed by atoms with E-state index in [1.54, 1.807) is 6.92 Å². The largest absolute Gasteiger partial charge is 0.411 e. The Hall–Kier alpha value is 0.0500. The van der Waals surface area contributed by atoms with Gasteiger partial charge in [-0.1, -0.05) is 5.16 Å². The second kappa shape index (κ2) is 4.89. The smallest absolute Gasteiger partial charge is 0.108 e. The third-order valence-electron chi connectivity index (χ3n) is 0.895. The van der Waals surface area contributed by atoms with Gasteiger partial charge in [-0.3, -0.25) is 0 Å². The van der Waals surface area contributed by atoms with Crippen molar-refractivity contribution in [1.29, 1.82) is 0 Å². The average Bonchev–Trinajstić information content (AvgIpc) is 1.83. The first-order valence-electron chi connectivity index (χ1n) is 2.62. The van der Waals surface area contributed by atoms with E-state index in [-0.39, 0.29) is 4.84 Å². The fourth-order valence-corrected chi connectivity index (χ4v) is 0.586. The molecule has 0 spiro atoms. The maximum absolute atomic E-state index is 8.15. The highest BCUT2D eigenvalue weighted by Gasteiger charge is 1.99. The number of rotatable bonds is 3. The first kappa shape index (κ1) is 9.05. The zero-order chi connectivity index (χ0) is 7.28. The summed E-state index contributed by atoms with van der Waals surface area (Å²) >= 11 is 10.8. The standard InChI is InChI=1S/C5H9Cl2NO/c1-4(8-9)2-3-5(6)7/h5,9H,2-3H2,1H3/b8-4+. The molecule has 0 atom stereocenters. The lowest BCUT2D eigenvalue weighted by Gasteiger charge is -1.97. The van der Waals surface area contributed by atoms with Crippen molar-refractivity contribution in [3.63, 3.8) is 0 Å². The summed E-state index contributed by atoms with van der Waals surface area (Å²) in [5, 5.41) is 11.1. The summed E-state index contributed by atoms with van der Waals surface area (Å²) in [6.45, 7) is 1.72. The number of alkyl halides is 2. The quantitative estimate of drug-likeness (QED) is 0.300. The highest BCUT2D eigenvalue weighted by Crippen LogP contribution is 2.09. The third kappa shape index (κ3) is 5.93. The van der Waals surface area contributed by atoms with E-state index in [4.69, 9.17) is 28.4 Å². The molecule has 0 rings (SSSR count). The molecule has 0 radical (unpaired) electrons. The van der Waals surface area contributed by atoms with Crippen LogP contribution in [0.25, 0.3) is 0 Å². The molecule has 0 aromatic carbocycles.